The fraction of sp³-hybridized carbons (Fsp3) is 0.478. The van der Waals surface area contributed by atoms with Gasteiger partial charge in [-0.05, 0) is 24.1 Å². The van der Waals surface area contributed by atoms with Crippen LogP contribution in [-0.4, -0.2) is 83.7 Å². The SMILES string of the molecule is COC1CN(c2cccc([C@H](OC)C(=O)Cc3nnc(N[C@@H]4CCN(c5nccnn5)C4)s3)c2)C1. The summed E-state index contributed by atoms with van der Waals surface area (Å²) in [6.45, 7) is 3.29. The molecule has 184 valence electrons. The van der Waals surface area contributed by atoms with Crippen LogP contribution in [0.15, 0.2) is 36.7 Å². The Hall–Kier alpha value is -3.22. The standard InChI is InChI=1S/C23H28N8O3S/c1-33-18-13-31(14-18)17-5-3-4-15(10-17)21(34-2)19(32)11-20-27-29-23(35-20)26-16-6-9-30(12-16)22-24-7-8-25-28-22/h3-5,7-8,10,16,18,21H,6,9,11-14H2,1-2H3,(H,26,29)/t16-,21+/m1/s1. The van der Waals surface area contributed by atoms with Crippen LogP contribution < -0.4 is 15.1 Å². The molecular formula is C23H28N8O3S. The van der Waals surface area contributed by atoms with Crippen LogP contribution in [0.5, 0.6) is 0 Å². The highest BCUT2D eigenvalue weighted by Gasteiger charge is 2.29. The van der Waals surface area contributed by atoms with E-state index in [4.69, 9.17) is 9.47 Å². The molecule has 0 bridgehead atoms. The van der Waals surface area contributed by atoms with Crippen LogP contribution in [0.25, 0.3) is 0 Å². The predicted molar refractivity (Wildman–Crippen MR) is 132 cm³/mol. The second kappa shape index (κ2) is 10.6. The van der Waals surface area contributed by atoms with E-state index < -0.39 is 6.10 Å². The molecule has 3 aromatic rings. The first kappa shape index (κ1) is 23.5. The number of methoxy groups -OCH3 is 2. The Labute approximate surface area is 207 Å². The number of ketones is 1. The fourth-order valence-electron chi connectivity index (χ4n) is 4.38. The van der Waals surface area contributed by atoms with Crippen molar-refractivity contribution in [1.82, 2.24) is 25.4 Å². The van der Waals surface area contributed by atoms with Crippen molar-refractivity contribution in [2.24, 2.45) is 0 Å². The van der Waals surface area contributed by atoms with Gasteiger partial charge in [-0.25, -0.2) is 4.98 Å². The number of rotatable bonds is 10. The van der Waals surface area contributed by atoms with E-state index in [-0.39, 0.29) is 24.3 Å². The van der Waals surface area contributed by atoms with Gasteiger partial charge < -0.3 is 24.6 Å². The maximum Gasteiger partial charge on any atom is 0.245 e. The summed E-state index contributed by atoms with van der Waals surface area (Å²) < 4.78 is 11.0. The quantitative estimate of drug-likeness (QED) is 0.442. The van der Waals surface area contributed by atoms with Crippen molar-refractivity contribution in [2.75, 3.05) is 55.5 Å². The van der Waals surface area contributed by atoms with Crippen LogP contribution in [0.3, 0.4) is 0 Å². The van der Waals surface area contributed by atoms with Gasteiger partial charge in [0.25, 0.3) is 0 Å². The van der Waals surface area contributed by atoms with Crippen molar-refractivity contribution >= 4 is 33.9 Å². The number of aromatic nitrogens is 5. The molecule has 2 aliphatic heterocycles. The van der Waals surface area contributed by atoms with Gasteiger partial charge in [0.2, 0.25) is 11.1 Å². The molecule has 2 aliphatic rings. The largest absolute Gasteiger partial charge is 0.378 e. The molecule has 2 saturated heterocycles. The first-order valence-electron chi connectivity index (χ1n) is 11.5. The van der Waals surface area contributed by atoms with Gasteiger partial charge in [0.1, 0.15) is 11.1 Å². The molecule has 2 aromatic heterocycles. The van der Waals surface area contributed by atoms with Gasteiger partial charge >= 0.3 is 0 Å². The number of hydrogen-bond acceptors (Lipinski definition) is 12. The molecule has 0 aliphatic carbocycles. The van der Waals surface area contributed by atoms with E-state index in [0.29, 0.717) is 16.1 Å². The molecule has 2 fully saturated rings. The van der Waals surface area contributed by atoms with Crippen LogP contribution in [0.4, 0.5) is 16.8 Å². The van der Waals surface area contributed by atoms with Crippen molar-refractivity contribution in [3.63, 3.8) is 0 Å². The molecule has 11 nitrogen and oxygen atoms in total. The van der Waals surface area contributed by atoms with Gasteiger partial charge in [-0.2, -0.15) is 5.10 Å². The highest BCUT2D eigenvalue weighted by atomic mass is 32.1. The summed E-state index contributed by atoms with van der Waals surface area (Å²) in [6.07, 6.45) is 3.90. The Morgan fingerprint density at radius 1 is 1.17 bits per heavy atom. The minimum atomic E-state index is -0.655. The molecule has 4 heterocycles. The minimum Gasteiger partial charge on any atom is -0.378 e. The number of carbonyl (C=O) groups is 1. The van der Waals surface area contributed by atoms with Crippen LogP contribution in [-0.2, 0) is 20.7 Å². The second-order valence-electron chi connectivity index (χ2n) is 8.64. The molecule has 12 heteroatoms. The van der Waals surface area contributed by atoms with Gasteiger partial charge in [0, 0.05) is 52.1 Å². The van der Waals surface area contributed by atoms with Crippen molar-refractivity contribution in [3.8, 4) is 0 Å². The number of benzene rings is 1. The van der Waals surface area contributed by atoms with E-state index in [9.17, 15) is 4.79 Å². The second-order valence-corrected chi connectivity index (χ2v) is 9.70. The third kappa shape index (κ3) is 5.39. The summed E-state index contributed by atoms with van der Waals surface area (Å²) >= 11 is 1.40. The molecule has 1 N–H and O–H groups in total. The molecule has 35 heavy (non-hydrogen) atoms. The first-order chi connectivity index (χ1) is 17.1. The average molecular weight is 497 g/mol. The zero-order chi connectivity index (χ0) is 24.2. The summed E-state index contributed by atoms with van der Waals surface area (Å²) in [6, 6.07) is 8.14. The van der Waals surface area contributed by atoms with Gasteiger partial charge in [-0.1, -0.05) is 23.5 Å². The predicted octanol–water partition coefficient (Wildman–Crippen LogP) is 1.75. The van der Waals surface area contributed by atoms with Crippen molar-refractivity contribution in [2.45, 2.75) is 31.1 Å². The van der Waals surface area contributed by atoms with E-state index in [1.807, 2.05) is 24.3 Å². The molecular weight excluding hydrogens is 468 g/mol. The summed E-state index contributed by atoms with van der Waals surface area (Å²) in [7, 11) is 3.29. The fourth-order valence-corrected chi connectivity index (χ4v) is 5.21. The lowest BCUT2D eigenvalue weighted by Crippen LogP contribution is -2.51. The Kier molecular flexibility index (Phi) is 7.11. The Morgan fingerprint density at radius 3 is 2.83 bits per heavy atom. The number of nitrogens with zero attached hydrogens (tertiary/aromatic N) is 7. The van der Waals surface area contributed by atoms with E-state index in [1.165, 1.54) is 11.3 Å². The number of carbonyl (C=O) groups excluding carboxylic acids is 1. The molecule has 0 unspecified atom stereocenters. The third-order valence-corrected chi connectivity index (χ3v) is 7.16. The van der Waals surface area contributed by atoms with Crippen LogP contribution in [0.2, 0.25) is 0 Å². The number of nitrogens with one attached hydrogen (secondary N) is 1. The van der Waals surface area contributed by atoms with Crippen molar-refractivity contribution < 1.29 is 14.3 Å². The van der Waals surface area contributed by atoms with E-state index in [2.05, 4.69) is 40.5 Å². The van der Waals surface area contributed by atoms with E-state index in [0.717, 1.165) is 43.9 Å². The summed E-state index contributed by atoms with van der Waals surface area (Å²) in [5.41, 5.74) is 1.90. The number of anilines is 3. The molecule has 5 rings (SSSR count). The van der Waals surface area contributed by atoms with Crippen molar-refractivity contribution in [3.05, 3.63) is 47.2 Å². The first-order valence-corrected chi connectivity index (χ1v) is 12.4. The zero-order valence-electron chi connectivity index (χ0n) is 19.7. The lowest BCUT2D eigenvalue weighted by Gasteiger charge is -2.40. The average Bonchev–Trinajstić information content (AvgIpc) is 3.50. The highest BCUT2D eigenvalue weighted by Crippen LogP contribution is 2.29. The maximum atomic E-state index is 13.1. The molecule has 0 saturated carbocycles. The number of ether oxygens (including phenoxy) is 2. The molecule has 0 spiro atoms. The van der Waals surface area contributed by atoms with Crippen LogP contribution in [0, 0.1) is 0 Å². The Balaban J connectivity index is 1.17. The lowest BCUT2D eigenvalue weighted by molar-refractivity contribution is -0.128. The topological polar surface area (TPSA) is 118 Å². The van der Waals surface area contributed by atoms with Crippen LogP contribution in [0.1, 0.15) is 23.1 Å². The summed E-state index contributed by atoms with van der Waals surface area (Å²) in [5.74, 6) is 0.578. The molecule has 2 atom stereocenters. The van der Waals surface area contributed by atoms with Crippen molar-refractivity contribution in [1.29, 1.82) is 0 Å². The van der Waals surface area contributed by atoms with E-state index >= 15 is 0 Å². The van der Waals surface area contributed by atoms with Gasteiger partial charge in [0.05, 0.1) is 24.9 Å². The normalized spacial score (nSPS) is 19.0. The lowest BCUT2D eigenvalue weighted by atomic mass is 10.0. The number of Topliss-reactive ketones (excluding diaryl/α,β-unsaturated/α-hetero) is 1. The van der Waals surface area contributed by atoms with Gasteiger partial charge in [0.15, 0.2) is 5.78 Å². The van der Waals surface area contributed by atoms with Gasteiger partial charge in [-0.15, -0.1) is 15.3 Å². The monoisotopic (exact) mass is 496 g/mol. The molecule has 1 aromatic carbocycles. The smallest absolute Gasteiger partial charge is 0.245 e. The third-order valence-electron chi connectivity index (χ3n) is 6.31. The minimum absolute atomic E-state index is 0.0495. The Morgan fingerprint density at radius 2 is 2.06 bits per heavy atom. The molecule has 0 amide bonds. The zero-order valence-corrected chi connectivity index (χ0v) is 20.5. The number of hydrogen-bond donors (Lipinski definition) is 1. The Bertz CT molecular complexity index is 1140. The highest BCUT2D eigenvalue weighted by molar-refractivity contribution is 7.15. The van der Waals surface area contributed by atoms with E-state index in [1.54, 1.807) is 26.6 Å². The molecule has 0 radical (unpaired) electrons. The summed E-state index contributed by atoms with van der Waals surface area (Å²) in [4.78, 5) is 21.7. The van der Waals surface area contributed by atoms with Gasteiger partial charge in [-0.3, -0.25) is 4.79 Å². The maximum absolute atomic E-state index is 13.1. The summed E-state index contributed by atoms with van der Waals surface area (Å²) in [5, 5.41) is 21.2. The van der Waals surface area contributed by atoms with Crippen LogP contribution >= 0.6 is 11.3 Å².